The molecule has 0 aliphatic heterocycles. The zero-order chi connectivity index (χ0) is 15.5. The van der Waals surface area contributed by atoms with Crippen LogP contribution in [0.25, 0.3) is 11.3 Å². The lowest BCUT2D eigenvalue weighted by atomic mass is 10.0. The zero-order valence-electron chi connectivity index (χ0n) is 12.7. The predicted molar refractivity (Wildman–Crippen MR) is 86.7 cm³/mol. The van der Waals surface area contributed by atoms with Crippen molar-refractivity contribution >= 4 is 0 Å². The van der Waals surface area contributed by atoms with Crippen molar-refractivity contribution in [2.24, 2.45) is 0 Å². The highest BCUT2D eigenvalue weighted by Gasteiger charge is 2.07. The standard InChI is InChI=1S/C18H17N3O/c1-13-6-7-16(14(2)11-13)17-8-9-18(22)21(20-17)12-15-5-3-4-10-19-15/h3-11H,12H2,1-2H3. The van der Waals surface area contributed by atoms with Crippen molar-refractivity contribution in [2.45, 2.75) is 20.4 Å². The Balaban J connectivity index is 2.01. The molecule has 0 radical (unpaired) electrons. The molecular weight excluding hydrogens is 274 g/mol. The molecule has 0 spiro atoms. The summed E-state index contributed by atoms with van der Waals surface area (Å²) in [5.41, 5.74) is 4.89. The Morgan fingerprint density at radius 2 is 1.91 bits per heavy atom. The summed E-state index contributed by atoms with van der Waals surface area (Å²) in [6, 6.07) is 15.2. The third-order valence-corrected chi connectivity index (χ3v) is 3.56. The molecule has 0 N–H and O–H groups in total. The number of aromatic nitrogens is 3. The second-order valence-electron chi connectivity index (χ2n) is 5.35. The monoisotopic (exact) mass is 291 g/mol. The first kappa shape index (κ1) is 14.2. The summed E-state index contributed by atoms with van der Waals surface area (Å²) in [7, 11) is 0. The van der Waals surface area contributed by atoms with Gasteiger partial charge in [0.1, 0.15) is 0 Å². The first-order valence-corrected chi connectivity index (χ1v) is 7.19. The highest BCUT2D eigenvalue weighted by molar-refractivity contribution is 5.63. The largest absolute Gasteiger partial charge is 0.268 e. The number of benzene rings is 1. The van der Waals surface area contributed by atoms with Crippen molar-refractivity contribution in [3.8, 4) is 11.3 Å². The third-order valence-electron chi connectivity index (χ3n) is 3.56. The minimum absolute atomic E-state index is 0.126. The van der Waals surface area contributed by atoms with Crippen LogP contribution in [0.4, 0.5) is 0 Å². The Hall–Kier alpha value is -2.75. The fourth-order valence-electron chi connectivity index (χ4n) is 2.45. The molecule has 2 aromatic heterocycles. The van der Waals surface area contributed by atoms with Crippen LogP contribution in [0.1, 0.15) is 16.8 Å². The van der Waals surface area contributed by atoms with Gasteiger partial charge < -0.3 is 0 Å². The van der Waals surface area contributed by atoms with Crippen LogP contribution in [-0.4, -0.2) is 14.8 Å². The molecule has 110 valence electrons. The summed E-state index contributed by atoms with van der Waals surface area (Å²) < 4.78 is 1.46. The van der Waals surface area contributed by atoms with Gasteiger partial charge in [0.05, 0.1) is 17.9 Å². The van der Waals surface area contributed by atoms with Crippen molar-refractivity contribution in [3.63, 3.8) is 0 Å². The molecule has 1 aromatic carbocycles. The second-order valence-corrected chi connectivity index (χ2v) is 5.35. The van der Waals surface area contributed by atoms with Crippen LogP contribution < -0.4 is 5.56 Å². The minimum atomic E-state index is -0.126. The molecule has 2 heterocycles. The molecule has 3 aromatic rings. The van der Waals surface area contributed by atoms with Gasteiger partial charge in [0, 0.05) is 17.8 Å². The molecule has 0 saturated carbocycles. The predicted octanol–water partition coefficient (Wildman–Crippen LogP) is 2.97. The van der Waals surface area contributed by atoms with E-state index in [1.54, 1.807) is 18.3 Å². The zero-order valence-corrected chi connectivity index (χ0v) is 12.7. The van der Waals surface area contributed by atoms with Gasteiger partial charge in [0.25, 0.3) is 5.56 Å². The highest BCUT2D eigenvalue weighted by atomic mass is 16.1. The fraction of sp³-hybridized carbons (Fsp3) is 0.167. The van der Waals surface area contributed by atoms with Gasteiger partial charge in [-0.1, -0.05) is 29.8 Å². The van der Waals surface area contributed by atoms with E-state index in [0.29, 0.717) is 6.54 Å². The van der Waals surface area contributed by atoms with E-state index >= 15 is 0 Å². The molecule has 0 saturated heterocycles. The lowest BCUT2D eigenvalue weighted by Gasteiger charge is -2.09. The summed E-state index contributed by atoms with van der Waals surface area (Å²) in [4.78, 5) is 16.3. The van der Waals surface area contributed by atoms with E-state index in [1.807, 2.05) is 24.3 Å². The summed E-state index contributed by atoms with van der Waals surface area (Å²) >= 11 is 0. The molecule has 0 fully saturated rings. The second kappa shape index (κ2) is 5.93. The Kier molecular flexibility index (Phi) is 3.83. The fourth-order valence-corrected chi connectivity index (χ4v) is 2.45. The van der Waals surface area contributed by atoms with E-state index in [2.05, 4.69) is 36.1 Å². The molecule has 22 heavy (non-hydrogen) atoms. The molecule has 3 rings (SSSR count). The van der Waals surface area contributed by atoms with E-state index in [4.69, 9.17) is 0 Å². The van der Waals surface area contributed by atoms with Crippen LogP contribution in [0.2, 0.25) is 0 Å². The van der Waals surface area contributed by atoms with Gasteiger partial charge in [-0.2, -0.15) is 5.10 Å². The molecule has 0 unspecified atom stereocenters. The number of aryl methyl sites for hydroxylation is 2. The maximum atomic E-state index is 12.0. The lowest BCUT2D eigenvalue weighted by Crippen LogP contribution is -2.23. The molecule has 4 heteroatoms. The molecule has 0 aliphatic rings. The van der Waals surface area contributed by atoms with Crippen LogP contribution in [-0.2, 0) is 6.54 Å². The topological polar surface area (TPSA) is 47.8 Å². The van der Waals surface area contributed by atoms with E-state index in [1.165, 1.54) is 10.2 Å². The van der Waals surface area contributed by atoms with E-state index in [9.17, 15) is 4.79 Å². The lowest BCUT2D eigenvalue weighted by molar-refractivity contribution is 0.631. The SMILES string of the molecule is Cc1ccc(-c2ccc(=O)n(Cc3ccccn3)n2)c(C)c1. The van der Waals surface area contributed by atoms with Crippen molar-refractivity contribution in [3.05, 3.63) is 81.9 Å². The molecule has 0 amide bonds. The van der Waals surface area contributed by atoms with Crippen molar-refractivity contribution in [1.29, 1.82) is 0 Å². The number of hydrogen-bond acceptors (Lipinski definition) is 3. The first-order valence-electron chi connectivity index (χ1n) is 7.19. The van der Waals surface area contributed by atoms with Crippen molar-refractivity contribution < 1.29 is 0 Å². The van der Waals surface area contributed by atoms with Crippen LogP contribution in [0.15, 0.2) is 59.5 Å². The smallest absolute Gasteiger partial charge is 0.267 e. The third kappa shape index (κ3) is 2.96. The summed E-state index contributed by atoms with van der Waals surface area (Å²) in [5.74, 6) is 0. The van der Waals surface area contributed by atoms with Crippen molar-refractivity contribution in [2.75, 3.05) is 0 Å². The molecular formula is C18H17N3O. The van der Waals surface area contributed by atoms with Gasteiger partial charge in [-0.05, 0) is 37.6 Å². The molecule has 4 nitrogen and oxygen atoms in total. The molecule has 0 atom stereocenters. The number of hydrogen-bond donors (Lipinski definition) is 0. The van der Waals surface area contributed by atoms with Crippen LogP contribution in [0.5, 0.6) is 0 Å². The molecule has 0 aliphatic carbocycles. The Bertz CT molecular complexity index is 854. The van der Waals surface area contributed by atoms with E-state index in [-0.39, 0.29) is 5.56 Å². The summed E-state index contributed by atoms with van der Waals surface area (Å²) in [6.07, 6.45) is 1.72. The molecule has 0 bridgehead atoms. The van der Waals surface area contributed by atoms with E-state index in [0.717, 1.165) is 22.5 Å². The highest BCUT2D eigenvalue weighted by Crippen LogP contribution is 2.21. The number of rotatable bonds is 3. The van der Waals surface area contributed by atoms with Gasteiger partial charge >= 0.3 is 0 Å². The number of nitrogens with zero attached hydrogens (tertiary/aromatic N) is 3. The summed E-state index contributed by atoms with van der Waals surface area (Å²) in [6.45, 7) is 4.49. The van der Waals surface area contributed by atoms with Gasteiger partial charge in [0.2, 0.25) is 0 Å². The van der Waals surface area contributed by atoms with Gasteiger partial charge in [-0.25, -0.2) is 4.68 Å². The maximum absolute atomic E-state index is 12.0. The van der Waals surface area contributed by atoms with Crippen LogP contribution in [0.3, 0.4) is 0 Å². The Morgan fingerprint density at radius 1 is 1.05 bits per heavy atom. The van der Waals surface area contributed by atoms with Gasteiger partial charge in [-0.15, -0.1) is 0 Å². The minimum Gasteiger partial charge on any atom is -0.268 e. The van der Waals surface area contributed by atoms with Crippen molar-refractivity contribution in [1.82, 2.24) is 14.8 Å². The van der Waals surface area contributed by atoms with Crippen LogP contribution >= 0.6 is 0 Å². The van der Waals surface area contributed by atoms with Gasteiger partial charge in [-0.3, -0.25) is 9.78 Å². The van der Waals surface area contributed by atoms with Crippen LogP contribution in [0, 0.1) is 13.8 Å². The Labute approximate surface area is 129 Å². The maximum Gasteiger partial charge on any atom is 0.267 e. The van der Waals surface area contributed by atoms with Gasteiger partial charge in [0.15, 0.2) is 0 Å². The number of pyridine rings is 1. The Morgan fingerprint density at radius 3 is 2.64 bits per heavy atom. The quantitative estimate of drug-likeness (QED) is 0.745. The first-order chi connectivity index (χ1) is 10.6. The normalized spacial score (nSPS) is 10.6. The average Bonchev–Trinajstić information content (AvgIpc) is 2.51. The summed E-state index contributed by atoms with van der Waals surface area (Å²) in [5, 5.41) is 4.49. The average molecular weight is 291 g/mol. The van der Waals surface area contributed by atoms with E-state index < -0.39 is 0 Å².